The van der Waals surface area contributed by atoms with Gasteiger partial charge in [-0.05, 0) is 23.2 Å². The fraction of sp³-hybridized carbons (Fsp3) is 0.400. The highest BCUT2D eigenvalue weighted by Crippen LogP contribution is 2.34. The Kier molecular flexibility index (Phi) is 2.95. The lowest BCUT2D eigenvalue weighted by Gasteiger charge is -2.41. The molecule has 0 saturated carbocycles. The zero-order valence-corrected chi connectivity index (χ0v) is 9.64. The van der Waals surface area contributed by atoms with Gasteiger partial charge in [0, 0.05) is 21.3 Å². The van der Waals surface area contributed by atoms with E-state index in [1.807, 2.05) is 18.2 Å². The standard InChI is InChI=1S/C10H10BrN3O/c11-9-3-1-2-8(4-9)10(5-13-14-12)6-15-7-10/h1-4H,5-7H2. The van der Waals surface area contributed by atoms with Crippen LogP contribution in [-0.4, -0.2) is 19.8 Å². The van der Waals surface area contributed by atoms with Gasteiger partial charge in [-0.2, -0.15) is 0 Å². The van der Waals surface area contributed by atoms with Crippen molar-refractivity contribution in [3.05, 3.63) is 44.7 Å². The van der Waals surface area contributed by atoms with Crippen molar-refractivity contribution < 1.29 is 4.74 Å². The van der Waals surface area contributed by atoms with Crippen LogP contribution in [0.25, 0.3) is 10.4 Å². The number of ether oxygens (including phenoxy) is 1. The van der Waals surface area contributed by atoms with Crippen molar-refractivity contribution in [1.29, 1.82) is 0 Å². The lowest BCUT2D eigenvalue weighted by atomic mass is 9.79. The van der Waals surface area contributed by atoms with Crippen LogP contribution in [0.2, 0.25) is 0 Å². The third-order valence-electron chi connectivity index (χ3n) is 2.63. The van der Waals surface area contributed by atoms with Crippen LogP contribution in [0, 0.1) is 0 Å². The first-order chi connectivity index (χ1) is 7.27. The summed E-state index contributed by atoms with van der Waals surface area (Å²) in [5.74, 6) is 0. The van der Waals surface area contributed by atoms with Crippen molar-refractivity contribution in [3.63, 3.8) is 0 Å². The maximum atomic E-state index is 8.36. The molecule has 0 aliphatic carbocycles. The summed E-state index contributed by atoms with van der Waals surface area (Å²) < 4.78 is 6.27. The summed E-state index contributed by atoms with van der Waals surface area (Å²) >= 11 is 3.43. The van der Waals surface area contributed by atoms with Gasteiger partial charge in [-0.25, -0.2) is 0 Å². The van der Waals surface area contributed by atoms with Gasteiger partial charge in [-0.1, -0.05) is 33.2 Å². The average Bonchev–Trinajstić information content (AvgIpc) is 2.16. The number of benzene rings is 1. The molecule has 1 aliphatic rings. The van der Waals surface area contributed by atoms with Crippen LogP contribution in [-0.2, 0) is 10.2 Å². The highest BCUT2D eigenvalue weighted by molar-refractivity contribution is 9.10. The fourth-order valence-electron chi connectivity index (χ4n) is 1.68. The molecule has 0 bridgehead atoms. The molecule has 2 rings (SSSR count). The second kappa shape index (κ2) is 4.23. The molecule has 0 amide bonds. The Hall–Kier alpha value is -1.03. The van der Waals surface area contributed by atoms with Crippen molar-refractivity contribution in [3.8, 4) is 0 Å². The summed E-state index contributed by atoms with van der Waals surface area (Å²) in [6.45, 7) is 1.71. The van der Waals surface area contributed by atoms with Gasteiger partial charge in [0.2, 0.25) is 0 Å². The maximum absolute atomic E-state index is 8.36. The topological polar surface area (TPSA) is 58.0 Å². The zero-order chi connectivity index (χ0) is 10.7. The normalized spacial score (nSPS) is 17.7. The minimum absolute atomic E-state index is 0.115. The molecule has 1 fully saturated rings. The number of nitrogens with zero attached hydrogens (tertiary/aromatic N) is 3. The molecule has 15 heavy (non-hydrogen) atoms. The van der Waals surface area contributed by atoms with Gasteiger partial charge in [0.1, 0.15) is 0 Å². The molecular formula is C10H10BrN3O. The lowest BCUT2D eigenvalue weighted by molar-refractivity contribution is -0.0549. The molecule has 0 radical (unpaired) electrons. The molecule has 1 aromatic rings. The summed E-state index contributed by atoms with van der Waals surface area (Å²) in [5.41, 5.74) is 9.41. The van der Waals surface area contributed by atoms with Gasteiger partial charge in [0.15, 0.2) is 0 Å². The third kappa shape index (κ3) is 2.00. The van der Waals surface area contributed by atoms with Gasteiger partial charge in [-0.15, -0.1) is 0 Å². The molecular weight excluding hydrogens is 258 g/mol. The molecule has 0 unspecified atom stereocenters. The van der Waals surface area contributed by atoms with E-state index in [1.54, 1.807) is 0 Å². The number of halogens is 1. The van der Waals surface area contributed by atoms with Gasteiger partial charge in [0.25, 0.3) is 0 Å². The fourth-order valence-corrected chi connectivity index (χ4v) is 2.08. The van der Waals surface area contributed by atoms with E-state index in [-0.39, 0.29) is 5.41 Å². The van der Waals surface area contributed by atoms with Crippen molar-refractivity contribution >= 4 is 15.9 Å². The van der Waals surface area contributed by atoms with Crippen molar-refractivity contribution in [1.82, 2.24) is 0 Å². The molecule has 0 spiro atoms. The van der Waals surface area contributed by atoms with E-state index in [2.05, 4.69) is 32.0 Å². The van der Waals surface area contributed by atoms with Crippen molar-refractivity contribution in [2.75, 3.05) is 19.8 Å². The van der Waals surface area contributed by atoms with E-state index < -0.39 is 0 Å². The molecule has 4 nitrogen and oxygen atoms in total. The SMILES string of the molecule is [N-]=[N+]=NCC1(c2cccc(Br)c2)COC1. The smallest absolute Gasteiger partial charge is 0.0587 e. The van der Waals surface area contributed by atoms with Crippen LogP contribution in [0.1, 0.15) is 5.56 Å². The second-order valence-corrected chi connectivity index (χ2v) is 4.59. The number of rotatable bonds is 3. The Morgan fingerprint density at radius 3 is 2.87 bits per heavy atom. The summed E-state index contributed by atoms with van der Waals surface area (Å²) in [4.78, 5) is 2.81. The average molecular weight is 268 g/mol. The molecule has 0 N–H and O–H groups in total. The lowest BCUT2D eigenvalue weighted by Crippen LogP contribution is -2.49. The Labute approximate surface area is 96.0 Å². The number of hydrogen-bond donors (Lipinski definition) is 0. The molecule has 1 saturated heterocycles. The predicted molar refractivity (Wildman–Crippen MR) is 60.7 cm³/mol. The van der Waals surface area contributed by atoms with E-state index in [9.17, 15) is 0 Å². The first kappa shape index (κ1) is 10.5. The first-order valence-corrected chi connectivity index (χ1v) is 5.41. The van der Waals surface area contributed by atoms with E-state index in [4.69, 9.17) is 10.3 Å². The maximum Gasteiger partial charge on any atom is 0.0587 e. The van der Waals surface area contributed by atoms with Crippen LogP contribution in [0.4, 0.5) is 0 Å². The Balaban J connectivity index is 2.29. The van der Waals surface area contributed by atoms with Crippen LogP contribution in [0.3, 0.4) is 0 Å². The molecule has 5 heteroatoms. The minimum Gasteiger partial charge on any atom is -0.379 e. The molecule has 1 aliphatic heterocycles. The minimum atomic E-state index is -0.115. The third-order valence-corrected chi connectivity index (χ3v) is 3.12. The summed E-state index contributed by atoms with van der Waals surface area (Å²) in [6.07, 6.45) is 0. The van der Waals surface area contributed by atoms with Crippen molar-refractivity contribution in [2.45, 2.75) is 5.41 Å². The van der Waals surface area contributed by atoms with Crippen LogP contribution < -0.4 is 0 Å². The van der Waals surface area contributed by atoms with E-state index in [0.717, 1.165) is 10.0 Å². The van der Waals surface area contributed by atoms with Gasteiger partial charge in [0.05, 0.1) is 13.2 Å². The molecule has 0 atom stereocenters. The van der Waals surface area contributed by atoms with Gasteiger partial charge >= 0.3 is 0 Å². The number of hydrogen-bond acceptors (Lipinski definition) is 2. The van der Waals surface area contributed by atoms with Crippen molar-refractivity contribution in [2.24, 2.45) is 5.11 Å². The van der Waals surface area contributed by atoms with E-state index in [0.29, 0.717) is 19.8 Å². The van der Waals surface area contributed by atoms with E-state index >= 15 is 0 Å². The quantitative estimate of drug-likeness (QED) is 0.472. The highest BCUT2D eigenvalue weighted by atomic mass is 79.9. The van der Waals surface area contributed by atoms with Crippen LogP contribution in [0.15, 0.2) is 33.9 Å². The Morgan fingerprint density at radius 2 is 2.33 bits per heavy atom. The largest absolute Gasteiger partial charge is 0.379 e. The summed E-state index contributed by atoms with van der Waals surface area (Å²) in [6, 6.07) is 8.05. The molecule has 1 heterocycles. The summed E-state index contributed by atoms with van der Waals surface area (Å²) in [7, 11) is 0. The molecule has 1 aromatic carbocycles. The highest BCUT2D eigenvalue weighted by Gasteiger charge is 2.39. The predicted octanol–water partition coefficient (Wildman–Crippen LogP) is 3.03. The number of azide groups is 1. The Morgan fingerprint density at radius 1 is 1.53 bits per heavy atom. The summed E-state index contributed by atoms with van der Waals surface area (Å²) in [5, 5.41) is 3.66. The molecule has 0 aromatic heterocycles. The van der Waals surface area contributed by atoms with E-state index in [1.165, 1.54) is 0 Å². The van der Waals surface area contributed by atoms with Crippen LogP contribution >= 0.6 is 15.9 Å². The molecule has 78 valence electrons. The van der Waals surface area contributed by atoms with Gasteiger partial charge in [-0.3, -0.25) is 0 Å². The Bertz CT molecular complexity index is 411. The monoisotopic (exact) mass is 267 g/mol. The van der Waals surface area contributed by atoms with Gasteiger partial charge < -0.3 is 4.74 Å². The zero-order valence-electron chi connectivity index (χ0n) is 8.06. The second-order valence-electron chi connectivity index (χ2n) is 3.67. The first-order valence-electron chi connectivity index (χ1n) is 4.61. The van der Waals surface area contributed by atoms with Crippen LogP contribution in [0.5, 0.6) is 0 Å².